The summed E-state index contributed by atoms with van der Waals surface area (Å²) in [6.07, 6.45) is 24.6. The van der Waals surface area contributed by atoms with Gasteiger partial charge >= 0.3 is 7.82 Å². The summed E-state index contributed by atoms with van der Waals surface area (Å²) in [5.41, 5.74) is 2.88. The van der Waals surface area contributed by atoms with Crippen LogP contribution in [0.3, 0.4) is 0 Å². The molecule has 0 saturated carbocycles. The molecule has 0 bridgehead atoms. The Balaban J connectivity index is 3.96. The summed E-state index contributed by atoms with van der Waals surface area (Å²) in [6.45, 7) is 12.8. The molecule has 1 N–H and O–H groups in total. The Morgan fingerprint density at radius 1 is 0.556 bits per heavy atom. The minimum atomic E-state index is -3.55. The van der Waals surface area contributed by atoms with Gasteiger partial charge in [0.2, 0.25) is 0 Å². The first-order valence-corrected chi connectivity index (χ1v) is 17.2. The van der Waals surface area contributed by atoms with Crippen molar-refractivity contribution in [2.45, 2.75) is 163 Å². The Morgan fingerprint density at radius 2 is 0.944 bits per heavy atom. The number of hydrogen-bond acceptors (Lipinski definition) is 5. The minimum Gasteiger partial charge on any atom is -0.286 e. The van der Waals surface area contributed by atoms with Crippen molar-refractivity contribution in [2.24, 2.45) is 11.8 Å². The summed E-state index contributed by atoms with van der Waals surface area (Å²) in [7, 11) is -3.55. The summed E-state index contributed by atoms with van der Waals surface area (Å²) in [6, 6.07) is 0. The Labute approximate surface area is 226 Å². The fourth-order valence-electron chi connectivity index (χ4n) is 4.27. The van der Waals surface area contributed by atoms with E-state index < -0.39 is 7.82 Å². The molecule has 0 spiro atoms. The molecule has 0 atom stereocenters. The average Bonchev–Trinajstić information content (AvgIpc) is 2.83. The van der Waals surface area contributed by atoms with E-state index in [1.165, 1.54) is 96.3 Å². The molecule has 0 aliphatic rings. The third-order valence-corrected chi connectivity index (χ3v) is 8.01. The van der Waals surface area contributed by atoms with Gasteiger partial charge in [-0.15, -0.1) is 0 Å². The highest BCUT2D eigenvalue weighted by Crippen LogP contribution is 2.48. The average molecular weight is 534 g/mol. The standard InChI is InChI=1S/C30H64NO4P/c1-6-7-8-9-10-11-12-13-14-15-16-21-26-31-35-36(32,33-27-22-17-19-24-29(2)3)34-28-23-18-20-25-30(4)5/h29-31H,6-28H2,1-5H3. The highest BCUT2D eigenvalue weighted by Gasteiger charge is 2.27. The second-order valence-electron chi connectivity index (χ2n) is 11.5. The number of hydrogen-bond donors (Lipinski definition) is 1. The molecule has 0 aliphatic heterocycles. The van der Waals surface area contributed by atoms with Crippen molar-refractivity contribution >= 4 is 7.82 Å². The van der Waals surface area contributed by atoms with E-state index in [4.69, 9.17) is 13.7 Å². The van der Waals surface area contributed by atoms with Crippen LogP contribution in [0.15, 0.2) is 0 Å². The van der Waals surface area contributed by atoms with Crippen LogP contribution in [0, 0.1) is 11.8 Å². The first-order valence-electron chi connectivity index (χ1n) is 15.7. The van der Waals surface area contributed by atoms with E-state index in [9.17, 15) is 4.57 Å². The van der Waals surface area contributed by atoms with Crippen LogP contribution in [0.4, 0.5) is 0 Å². The maximum absolute atomic E-state index is 13.1. The number of rotatable bonds is 29. The lowest BCUT2D eigenvalue weighted by Crippen LogP contribution is -2.17. The Bertz CT molecular complexity index is 464. The lowest BCUT2D eigenvalue weighted by molar-refractivity contribution is 0.0687. The maximum atomic E-state index is 13.1. The van der Waals surface area contributed by atoms with Gasteiger partial charge in [-0.25, -0.2) is 4.57 Å². The van der Waals surface area contributed by atoms with E-state index in [0.717, 1.165) is 43.9 Å². The van der Waals surface area contributed by atoms with E-state index in [0.29, 0.717) is 19.8 Å². The predicted molar refractivity (Wildman–Crippen MR) is 156 cm³/mol. The molecule has 0 radical (unpaired) electrons. The zero-order chi connectivity index (χ0) is 26.7. The summed E-state index contributed by atoms with van der Waals surface area (Å²) in [5.74, 6) is 1.45. The van der Waals surface area contributed by atoms with Crippen molar-refractivity contribution in [1.29, 1.82) is 0 Å². The highest BCUT2D eigenvalue weighted by molar-refractivity contribution is 7.48. The Hall–Kier alpha value is 0.0700. The molecule has 0 aromatic heterocycles. The third-order valence-electron chi connectivity index (χ3n) is 6.66. The lowest BCUT2D eigenvalue weighted by atomic mass is 10.1. The highest BCUT2D eigenvalue weighted by atomic mass is 31.2. The van der Waals surface area contributed by atoms with Gasteiger partial charge < -0.3 is 0 Å². The summed E-state index contributed by atoms with van der Waals surface area (Å²) < 4.78 is 29.9. The molecule has 0 unspecified atom stereocenters. The summed E-state index contributed by atoms with van der Waals surface area (Å²) in [4.78, 5) is 0. The molecule has 0 aromatic carbocycles. The van der Waals surface area contributed by atoms with Gasteiger partial charge in [0.25, 0.3) is 0 Å². The van der Waals surface area contributed by atoms with Crippen LogP contribution in [-0.4, -0.2) is 19.8 Å². The van der Waals surface area contributed by atoms with Gasteiger partial charge in [-0.05, 0) is 31.1 Å². The molecule has 5 nitrogen and oxygen atoms in total. The van der Waals surface area contributed by atoms with E-state index in [1.54, 1.807) is 0 Å². The van der Waals surface area contributed by atoms with Crippen LogP contribution in [0.2, 0.25) is 0 Å². The van der Waals surface area contributed by atoms with E-state index >= 15 is 0 Å². The number of nitrogens with one attached hydrogen (secondary N) is 1. The fourth-order valence-corrected chi connectivity index (χ4v) is 5.40. The normalized spacial score (nSPS) is 12.3. The Kier molecular flexibility index (Phi) is 26.7. The van der Waals surface area contributed by atoms with Crippen LogP contribution in [0.25, 0.3) is 0 Å². The largest absolute Gasteiger partial charge is 0.491 e. The van der Waals surface area contributed by atoms with Crippen molar-refractivity contribution in [3.05, 3.63) is 0 Å². The van der Waals surface area contributed by atoms with Crippen molar-refractivity contribution in [3.63, 3.8) is 0 Å². The molecule has 0 saturated heterocycles. The van der Waals surface area contributed by atoms with Gasteiger partial charge in [-0.3, -0.25) is 9.05 Å². The van der Waals surface area contributed by atoms with Crippen LogP contribution in [0.1, 0.15) is 163 Å². The number of unbranched alkanes of at least 4 members (excludes halogenated alkanes) is 15. The molecule has 0 aromatic rings. The van der Waals surface area contributed by atoms with Crippen molar-refractivity contribution in [1.82, 2.24) is 5.48 Å². The van der Waals surface area contributed by atoms with Crippen molar-refractivity contribution in [2.75, 3.05) is 19.8 Å². The zero-order valence-corrected chi connectivity index (χ0v) is 25.9. The van der Waals surface area contributed by atoms with Gasteiger partial charge in [0, 0.05) is 6.54 Å². The summed E-state index contributed by atoms with van der Waals surface area (Å²) >= 11 is 0. The van der Waals surface area contributed by atoms with E-state index in [-0.39, 0.29) is 0 Å². The predicted octanol–water partition coefficient (Wildman–Crippen LogP) is 10.8. The Morgan fingerprint density at radius 3 is 1.36 bits per heavy atom. The van der Waals surface area contributed by atoms with Gasteiger partial charge in [0.15, 0.2) is 0 Å². The van der Waals surface area contributed by atoms with Gasteiger partial charge in [-0.1, -0.05) is 144 Å². The first kappa shape index (κ1) is 36.1. The second-order valence-corrected chi connectivity index (χ2v) is 13.1. The monoisotopic (exact) mass is 533 g/mol. The molecule has 0 aliphatic carbocycles. The molecule has 36 heavy (non-hydrogen) atoms. The lowest BCUT2D eigenvalue weighted by Gasteiger charge is -2.18. The number of hydroxylamine groups is 1. The molecule has 6 heteroatoms. The molecule has 0 rings (SSSR count). The molecular weight excluding hydrogens is 469 g/mol. The number of phosphoric ester groups is 1. The second kappa shape index (κ2) is 26.7. The molecule has 218 valence electrons. The molecule has 0 fully saturated rings. The van der Waals surface area contributed by atoms with Gasteiger partial charge in [0.1, 0.15) is 0 Å². The first-order chi connectivity index (χ1) is 17.4. The van der Waals surface area contributed by atoms with Crippen LogP contribution < -0.4 is 5.48 Å². The topological polar surface area (TPSA) is 56.8 Å². The zero-order valence-electron chi connectivity index (χ0n) is 25.0. The molecular formula is C30H64NO4P. The fraction of sp³-hybridized carbons (Fsp3) is 1.00. The van der Waals surface area contributed by atoms with E-state index in [2.05, 4.69) is 40.1 Å². The third kappa shape index (κ3) is 27.1. The minimum absolute atomic E-state index is 0.420. The van der Waals surface area contributed by atoms with Crippen LogP contribution in [-0.2, 0) is 18.2 Å². The van der Waals surface area contributed by atoms with Gasteiger partial charge in [-0.2, -0.15) is 10.1 Å². The molecule has 0 amide bonds. The maximum Gasteiger partial charge on any atom is 0.491 e. The summed E-state index contributed by atoms with van der Waals surface area (Å²) in [5, 5.41) is 0. The van der Waals surface area contributed by atoms with Crippen molar-refractivity contribution in [3.8, 4) is 0 Å². The smallest absolute Gasteiger partial charge is 0.286 e. The van der Waals surface area contributed by atoms with Crippen molar-refractivity contribution < 1.29 is 18.2 Å². The SMILES string of the molecule is CCCCCCCCCCCCCCNOP(=O)(OCCCCCC(C)C)OCCCCCC(C)C. The van der Waals surface area contributed by atoms with Crippen LogP contribution in [0.5, 0.6) is 0 Å². The van der Waals surface area contributed by atoms with Crippen LogP contribution >= 0.6 is 7.82 Å². The van der Waals surface area contributed by atoms with Gasteiger partial charge in [0.05, 0.1) is 13.2 Å². The van der Waals surface area contributed by atoms with E-state index in [1.807, 2.05) is 0 Å². The quantitative estimate of drug-likeness (QED) is 0.0588. The number of phosphoric acid groups is 1. The molecule has 0 heterocycles.